The molecule has 3 nitrogen and oxygen atoms in total. The maximum atomic E-state index is 13.9. The zero-order chi connectivity index (χ0) is 13.7. The summed E-state index contributed by atoms with van der Waals surface area (Å²) in [4.78, 5) is 2.24. The van der Waals surface area contributed by atoms with E-state index in [9.17, 15) is 4.39 Å². The molecule has 1 heterocycles. The molecule has 1 N–H and O–H groups in total. The predicted octanol–water partition coefficient (Wildman–Crippen LogP) is 2.16. The van der Waals surface area contributed by atoms with E-state index in [0.717, 1.165) is 43.7 Å². The summed E-state index contributed by atoms with van der Waals surface area (Å²) in [5.74, 6) is -0.112. The third-order valence-corrected chi connectivity index (χ3v) is 3.72. The number of benzene rings is 1. The maximum absolute atomic E-state index is 13.9. The number of nitrogens with zero attached hydrogens (tertiary/aromatic N) is 1. The van der Waals surface area contributed by atoms with Crippen LogP contribution in [-0.4, -0.2) is 38.3 Å². The van der Waals surface area contributed by atoms with Crippen LogP contribution in [0.25, 0.3) is 0 Å². The minimum Gasteiger partial charge on any atom is -0.381 e. The second kappa shape index (κ2) is 6.98. The SMILES string of the molecule is CNCc1ccc(F)c(CN(C)C2CCOCC2)c1. The Balaban J connectivity index is 2.02. The molecule has 2 rings (SSSR count). The lowest BCUT2D eigenvalue weighted by atomic mass is 10.1. The molecule has 1 aliphatic heterocycles. The number of ether oxygens (including phenoxy) is 1. The molecule has 1 aliphatic rings. The smallest absolute Gasteiger partial charge is 0.127 e. The van der Waals surface area contributed by atoms with Gasteiger partial charge in [0.25, 0.3) is 0 Å². The lowest BCUT2D eigenvalue weighted by molar-refractivity contribution is 0.0404. The van der Waals surface area contributed by atoms with E-state index in [1.54, 1.807) is 6.07 Å². The summed E-state index contributed by atoms with van der Waals surface area (Å²) in [6.07, 6.45) is 2.07. The van der Waals surface area contributed by atoms with Gasteiger partial charge >= 0.3 is 0 Å². The normalized spacial score (nSPS) is 17.1. The Morgan fingerprint density at radius 1 is 1.37 bits per heavy atom. The van der Waals surface area contributed by atoms with Gasteiger partial charge in [-0.2, -0.15) is 0 Å². The largest absolute Gasteiger partial charge is 0.381 e. The van der Waals surface area contributed by atoms with Gasteiger partial charge in [-0.1, -0.05) is 12.1 Å². The molecule has 0 amide bonds. The fourth-order valence-corrected chi connectivity index (χ4v) is 2.59. The average Bonchev–Trinajstić information content (AvgIpc) is 2.44. The second-order valence-electron chi connectivity index (χ2n) is 5.21. The molecule has 0 radical (unpaired) electrons. The molecule has 1 aromatic rings. The highest BCUT2D eigenvalue weighted by molar-refractivity contribution is 5.25. The first-order valence-corrected chi connectivity index (χ1v) is 6.90. The fraction of sp³-hybridized carbons (Fsp3) is 0.600. The van der Waals surface area contributed by atoms with Crippen LogP contribution in [0.4, 0.5) is 4.39 Å². The Kier molecular flexibility index (Phi) is 5.31. The summed E-state index contributed by atoms with van der Waals surface area (Å²) in [6.45, 7) is 3.07. The topological polar surface area (TPSA) is 24.5 Å². The maximum Gasteiger partial charge on any atom is 0.127 e. The molecule has 19 heavy (non-hydrogen) atoms. The minimum absolute atomic E-state index is 0.112. The van der Waals surface area contributed by atoms with Gasteiger partial charge in [0.15, 0.2) is 0 Å². The van der Waals surface area contributed by atoms with E-state index in [1.165, 1.54) is 0 Å². The number of halogens is 1. The third-order valence-electron chi connectivity index (χ3n) is 3.72. The standard InChI is InChI=1S/C15H23FN2O/c1-17-10-12-3-4-15(16)13(9-12)11-18(2)14-5-7-19-8-6-14/h3-4,9,14,17H,5-8,10-11H2,1-2H3. The Labute approximate surface area is 114 Å². The van der Waals surface area contributed by atoms with Crippen molar-refractivity contribution >= 4 is 0 Å². The summed E-state index contributed by atoms with van der Waals surface area (Å²) in [5, 5.41) is 3.09. The first-order valence-electron chi connectivity index (χ1n) is 6.90. The van der Waals surface area contributed by atoms with Crippen molar-refractivity contribution in [1.82, 2.24) is 10.2 Å². The van der Waals surface area contributed by atoms with E-state index in [-0.39, 0.29) is 5.82 Å². The van der Waals surface area contributed by atoms with Crippen molar-refractivity contribution in [2.45, 2.75) is 32.0 Å². The fourth-order valence-electron chi connectivity index (χ4n) is 2.59. The summed E-state index contributed by atoms with van der Waals surface area (Å²) in [6, 6.07) is 5.87. The molecule has 0 saturated carbocycles. The second-order valence-corrected chi connectivity index (χ2v) is 5.21. The molecule has 1 saturated heterocycles. The van der Waals surface area contributed by atoms with Crippen molar-refractivity contribution in [3.63, 3.8) is 0 Å². The molecule has 0 spiro atoms. The van der Waals surface area contributed by atoms with Crippen LogP contribution in [0, 0.1) is 5.82 Å². The number of hydrogen-bond donors (Lipinski definition) is 1. The summed E-state index contributed by atoms with van der Waals surface area (Å²) >= 11 is 0. The van der Waals surface area contributed by atoms with Gasteiger partial charge in [0, 0.05) is 37.9 Å². The average molecular weight is 266 g/mol. The summed E-state index contributed by atoms with van der Waals surface area (Å²) < 4.78 is 19.2. The highest BCUT2D eigenvalue weighted by Crippen LogP contribution is 2.18. The van der Waals surface area contributed by atoms with Crippen molar-refractivity contribution in [3.05, 3.63) is 35.1 Å². The lowest BCUT2D eigenvalue weighted by Crippen LogP contribution is -2.36. The molecule has 0 unspecified atom stereocenters. The number of rotatable bonds is 5. The van der Waals surface area contributed by atoms with Crippen LogP contribution in [0.15, 0.2) is 18.2 Å². The van der Waals surface area contributed by atoms with Gasteiger partial charge in [-0.15, -0.1) is 0 Å². The van der Waals surface area contributed by atoms with E-state index in [0.29, 0.717) is 12.6 Å². The third kappa shape index (κ3) is 4.00. The molecule has 1 aromatic carbocycles. The van der Waals surface area contributed by atoms with E-state index in [4.69, 9.17) is 4.74 Å². The van der Waals surface area contributed by atoms with Gasteiger partial charge in [-0.25, -0.2) is 4.39 Å². The first kappa shape index (κ1) is 14.4. The van der Waals surface area contributed by atoms with Crippen LogP contribution >= 0.6 is 0 Å². The molecule has 0 aromatic heterocycles. The Morgan fingerprint density at radius 3 is 2.79 bits per heavy atom. The van der Waals surface area contributed by atoms with Gasteiger partial charge in [-0.05, 0) is 38.6 Å². The molecule has 0 atom stereocenters. The Morgan fingerprint density at radius 2 is 2.11 bits per heavy atom. The van der Waals surface area contributed by atoms with E-state index < -0.39 is 0 Å². The molecule has 1 fully saturated rings. The molecule has 0 bridgehead atoms. The van der Waals surface area contributed by atoms with Crippen molar-refractivity contribution in [3.8, 4) is 0 Å². The number of hydrogen-bond acceptors (Lipinski definition) is 3. The molecule has 106 valence electrons. The van der Waals surface area contributed by atoms with Crippen LogP contribution < -0.4 is 5.32 Å². The summed E-state index contributed by atoms with van der Waals surface area (Å²) in [5.41, 5.74) is 1.90. The zero-order valence-electron chi connectivity index (χ0n) is 11.8. The zero-order valence-corrected chi connectivity index (χ0v) is 11.8. The predicted molar refractivity (Wildman–Crippen MR) is 74.5 cm³/mol. The first-order chi connectivity index (χ1) is 9.20. The van der Waals surface area contributed by atoms with Gasteiger partial charge in [0.2, 0.25) is 0 Å². The van der Waals surface area contributed by atoms with E-state index >= 15 is 0 Å². The Bertz CT molecular complexity index is 405. The monoisotopic (exact) mass is 266 g/mol. The minimum atomic E-state index is -0.112. The van der Waals surface area contributed by atoms with Crippen molar-refractivity contribution in [2.75, 3.05) is 27.3 Å². The van der Waals surface area contributed by atoms with Gasteiger partial charge in [0.05, 0.1) is 0 Å². The van der Waals surface area contributed by atoms with Gasteiger partial charge in [0.1, 0.15) is 5.82 Å². The van der Waals surface area contributed by atoms with E-state index in [1.807, 2.05) is 19.2 Å². The quantitative estimate of drug-likeness (QED) is 0.884. The summed E-state index contributed by atoms with van der Waals surface area (Å²) in [7, 11) is 3.97. The van der Waals surface area contributed by atoms with Gasteiger partial charge in [-0.3, -0.25) is 4.90 Å². The molecular weight excluding hydrogens is 243 g/mol. The lowest BCUT2D eigenvalue weighted by Gasteiger charge is -2.31. The van der Waals surface area contributed by atoms with Crippen LogP contribution in [0.2, 0.25) is 0 Å². The highest BCUT2D eigenvalue weighted by Gasteiger charge is 2.19. The van der Waals surface area contributed by atoms with Crippen molar-refractivity contribution in [2.24, 2.45) is 0 Å². The number of nitrogens with one attached hydrogen (secondary N) is 1. The highest BCUT2D eigenvalue weighted by atomic mass is 19.1. The van der Waals surface area contributed by atoms with Gasteiger partial charge < -0.3 is 10.1 Å². The molecule has 4 heteroatoms. The van der Waals surface area contributed by atoms with Crippen LogP contribution in [0.1, 0.15) is 24.0 Å². The Hall–Kier alpha value is -0.970. The molecular formula is C15H23FN2O. The van der Waals surface area contributed by atoms with Crippen LogP contribution in [0.5, 0.6) is 0 Å². The van der Waals surface area contributed by atoms with Crippen LogP contribution in [0.3, 0.4) is 0 Å². The van der Waals surface area contributed by atoms with Crippen molar-refractivity contribution < 1.29 is 9.13 Å². The van der Waals surface area contributed by atoms with E-state index in [2.05, 4.69) is 17.3 Å². The molecule has 0 aliphatic carbocycles. The van der Waals surface area contributed by atoms with Crippen LogP contribution in [-0.2, 0) is 17.8 Å². The van der Waals surface area contributed by atoms with Crippen molar-refractivity contribution in [1.29, 1.82) is 0 Å².